The summed E-state index contributed by atoms with van der Waals surface area (Å²) in [6.07, 6.45) is 3.12. The highest BCUT2D eigenvalue weighted by atomic mass is 16.5. The molecule has 0 aromatic heterocycles. The Morgan fingerprint density at radius 3 is 2.33 bits per heavy atom. The summed E-state index contributed by atoms with van der Waals surface area (Å²) in [5.74, 6) is -0.0608. The van der Waals surface area contributed by atoms with E-state index in [0.717, 1.165) is 11.1 Å². The standard InChI is InChI=1S/C32H43N3O8/c1-18(2)29(32(40)33-15-9-7-8-10-27(38)39)35-24-14-12-21-22(17-25(24)37)23(34-19(3)36)13-11-20-16-26(41-4)30(42-5)31(43-6)28(20)21/h12,14,16-18,23,29H,7-11,13,15H2,1-6H3,(H,33,40)(H,34,36)(H,35,37)(H,38,39)/t23-,29-/m0/s1. The number of fused-ring (bicyclic) bond motifs is 3. The lowest BCUT2D eigenvalue weighted by molar-refractivity contribution is -0.137. The Morgan fingerprint density at radius 1 is 1.00 bits per heavy atom. The minimum Gasteiger partial charge on any atom is -0.493 e. The number of nitrogens with one attached hydrogen (secondary N) is 3. The Bertz CT molecular complexity index is 1390. The number of carbonyl (C=O) groups excluding carboxylic acids is 2. The molecule has 0 saturated carbocycles. The summed E-state index contributed by atoms with van der Waals surface area (Å²) in [4.78, 5) is 49.7. The first-order valence-electron chi connectivity index (χ1n) is 14.6. The molecule has 3 rings (SSSR count). The minimum atomic E-state index is -0.834. The first-order valence-corrected chi connectivity index (χ1v) is 14.6. The second-order valence-electron chi connectivity index (χ2n) is 11.0. The SMILES string of the molecule is COc1cc2c(c(OC)c1OC)-c1ccc(N[C@H](C(=O)NCCCCCC(=O)O)C(C)C)c(=O)cc1[C@@H](NC(C)=O)CC2. The van der Waals surface area contributed by atoms with Crippen molar-refractivity contribution in [3.05, 3.63) is 45.6 Å². The number of ether oxygens (including phenoxy) is 3. The maximum atomic E-state index is 13.7. The van der Waals surface area contributed by atoms with Crippen molar-refractivity contribution >= 4 is 23.5 Å². The van der Waals surface area contributed by atoms with Crippen molar-refractivity contribution in [2.45, 2.75) is 71.4 Å². The smallest absolute Gasteiger partial charge is 0.303 e. The molecule has 0 spiro atoms. The molecule has 0 bridgehead atoms. The molecule has 0 saturated heterocycles. The molecule has 43 heavy (non-hydrogen) atoms. The van der Waals surface area contributed by atoms with Crippen LogP contribution in [0.4, 0.5) is 5.69 Å². The molecule has 2 amide bonds. The van der Waals surface area contributed by atoms with E-state index >= 15 is 0 Å². The zero-order valence-corrected chi connectivity index (χ0v) is 25.8. The van der Waals surface area contributed by atoms with Crippen LogP contribution >= 0.6 is 0 Å². The van der Waals surface area contributed by atoms with E-state index in [4.69, 9.17) is 19.3 Å². The molecular formula is C32H43N3O8. The van der Waals surface area contributed by atoms with Gasteiger partial charge in [-0.15, -0.1) is 0 Å². The lowest BCUT2D eigenvalue weighted by atomic mass is 9.95. The highest BCUT2D eigenvalue weighted by Gasteiger charge is 2.30. The first-order chi connectivity index (χ1) is 20.5. The first kappa shape index (κ1) is 33.2. The number of methoxy groups -OCH3 is 3. The monoisotopic (exact) mass is 597 g/mol. The molecule has 0 unspecified atom stereocenters. The van der Waals surface area contributed by atoms with Gasteiger partial charge in [0.1, 0.15) is 6.04 Å². The van der Waals surface area contributed by atoms with Gasteiger partial charge >= 0.3 is 5.97 Å². The van der Waals surface area contributed by atoms with Crippen molar-refractivity contribution in [3.63, 3.8) is 0 Å². The predicted molar refractivity (Wildman–Crippen MR) is 164 cm³/mol. The van der Waals surface area contributed by atoms with E-state index in [9.17, 15) is 19.2 Å². The fourth-order valence-corrected chi connectivity index (χ4v) is 5.43. The molecule has 11 heteroatoms. The van der Waals surface area contributed by atoms with Crippen LogP contribution in [-0.4, -0.2) is 56.8 Å². The number of carboxylic acid groups (broad SMARTS) is 1. The number of unbranched alkanes of at least 4 members (excludes halogenated alkanes) is 2. The van der Waals surface area contributed by atoms with Gasteiger partial charge in [-0.05, 0) is 66.5 Å². The minimum absolute atomic E-state index is 0.102. The summed E-state index contributed by atoms with van der Waals surface area (Å²) in [6.45, 7) is 5.63. The van der Waals surface area contributed by atoms with Gasteiger partial charge in [0, 0.05) is 25.5 Å². The topological polar surface area (TPSA) is 152 Å². The van der Waals surface area contributed by atoms with Gasteiger partial charge in [0.15, 0.2) is 11.5 Å². The van der Waals surface area contributed by atoms with Crippen LogP contribution in [-0.2, 0) is 20.8 Å². The van der Waals surface area contributed by atoms with E-state index in [1.165, 1.54) is 20.1 Å². The maximum Gasteiger partial charge on any atom is 0.303 e. The number of anilines is 1. The molecule has 234 valence electrons. The third-order valence-electron chi connectivity index (χ3n) is 7.54. The summed E-state index contributed by atoms with van der Waals surface area (Å²) < 4.78 is 17.0. The van der Waals surface area contributed by atoms with Crippen molar-refractivity contribution in [3.8, 4) is 28.4 Å². The number of aliphatic carboxylic acids is 1. The fraction of sp³-hybridized carbons (Fsp3) is 0.500. The summed E-state index contributed by atoms with van der Waals surface area (Å²) in [7, 11) is 4.62. The molecule has 0 aliphatic heterocycles. The van der Waals surface area contributed by atoms with Gasteiger partial charge in [-0.3, -0.25) is 19.2 Å². The van der Waals surface area contributed by atoms with Crippen LogP contribution in [0.1, 0.15) is 70.0 Å². The van der Waals surface area contributed by atoms with Gasteiger partial charge < -0.3 is 35.3 Å². The predicted octanol–water partition coefficient (Wildman–Crippen LogP) is 4.06. The van der Waals surface area contributed by atoms with Crippen molar-refractivity contribution in [1.82, 2.24) is 10.6 Å². The highest BCUT2D eigenvalue weighted by molar-refractivity contribution is 5.86. The molecule has 11 nitrogen and oxygen atoms in total. The van der Waals surface area contributed by atoms with Crippen LogP contribution < -0.4 is 35.6 Å². The summed E-state index contributed by atoms with van der Waals surface area (Å²) in [5, 5.41) is 17.8. The maximum absolute atomic E-state index is 13.7. The molecule has 0 heterocycles. The van der Waals surface area contributed by atoms with E-state index in [0.29, 0.717) is 67.0 Å². The Hall–Kier alpha value is -4.28. The van der Waals surface area contributed by atoms with Crippen molar-refractivity contribution in [1.29, 1.82) is 0 Å². The molecule has 1 aliphatic carbocycles. The number of carbonyl (C=O) groups is 3. The average Bonchev–Trinajstić information content (AvgIpc) is 3.20. The van der Waals surface area contributed by atoms with Gasteiger partial charge in [0.2, 0.25) is 23.0 Å². The summed E-state index contributed by atoms with van der Waals surface area (Å²) in [5.41, 5.74) is 2.90. The molecule has 2 aromatic carbocycles. The number of hydrogen-bond donors (Lipinski definition) is 4. The second kappa shape index (κ2) is 15.3. The van der Waals surface area contributed by atoms with E-state index < -0.39 is 18.1 Å². The van der Waals surface area contributed by atoms with Crippen LogP contribution in [0.3, 0.4) is 0 Å². The molecule has 0 radical (unpaired) electrons. The van der Waals surface area contributed by atoms with Crippen LogP contribution in [0.2, 0.25) is 0 Å². The molecule has 4 N–H and O–H groups in total. The van der Waals surface area contributed by atoms with Gasteiger partial charge in [-0.1, -0.05) is 26.3 Å². The molecular weight excluding hydrogens is 554 g/mol. The van der Waals surface area contributed by atoms with Crippen LogP contribution in [0.25, 0.3) is 11.1 Å². The Morgan fingerprint density at radius 2 is 1.72 bits per heavy atom. The second-order valence-corrected chi connectivity index (χ2v) is 11.0. The number of aryl methyl sites for hydroxylation is 1. The molecule has 0 fully saturated rings. The van der Waals surface area contributed by atoms with Gasteiger partial charge in [-0.25, -0.2) is 0 Å². The van der Waals surface area contributed by atoms with Crippen LogP contribution in [0.5, 0.6) is 17.2 Å². The number of rotatable bonds is 14. The van der Waals surface area contributed by atoms with E-state index in [2.05, 4.69) is 16.0 Å². The Labute approximate surface area is 252 Å². The highest BCUT2D eigenvalue weighted by Crippen LogP contribution is 2.50. The van der Waals surface area contributed by atoms with E-state index in [1.807, 2.05) is 26.0 Å². The number of benzene rings is 1. The van der Waals surface area contributed by atoms with E-state index in [1.54, 1.807) is 20.3 Å². The van der Waals surface area contributed by atoms with Crippen molar-refractivity contribution in [2.24, 2.45) is 5.92 Å². The molecule has 1 aliphatic rings. The number of amides is 2. The fourth-order valence-electron chi connectivity index (χ4n) is 5.43. The van der Waals surface area contributed by atoms with Gasteiger partial charge in [0.05, 0.1) is 33.1 Å². The summed E-state index contributed by atoms with van der Waals surface area (Å²) in [6, 6.07) is 5.74. The lowest BCUT2D eigenvalue weighted by Crippen LogP contribution is -2.44. The van der Waals surface area contributed by atoms with Crippen LogP contribution in [0, 0.1) is 5.92 Å². The largest absolute Gasteiger partial charge is 0.493 e. The zero-order valence-electron chi connectivity index (χ0n) is 25.8. The Kier molecular flexibility index (Phi) is 11.8. The number of hydrogen-bond acceptors (Lipinski definition) is 8. The van der Waals surface area contributed by atoms with Gasteiger partial charge in [0.25, 0.3) is 0 Å². The van der Waals surface area contributed by atoms with E-state index in [-0.39, 0.29) is 35.3 Å². The quantitative estimate of drug-likeness (QED) is 0.236. The van der Waals surface area contributed by atoms with Crippen molar-refractivity contribution in [2.75, 3.05) is 33.2 Å². The van der Waals surface area contributed by atoms with Gasteiger partial charge in [-0.2, -0.15) is 0 Å². The Balaban J connectivity index is 2.03. The van der Waals surface area contributed by atoms with Crippen LogP contribution in [0.15, 0.2) is 29.1 Å². The molecule has 2 atom stereocenters. The average molecular weight is 598 g/mol. The lowest BCUT2D eigenvalue weighted by Gasteiger charge is -2.22. The zero-order chi connectivity index (χ0) is 31.7. The normalized spacial score (nSPS) is 14.4. The third kappa shape index (κ3) is 8.18. The summed E-state index contributed by atoms with van der Waals surface area (Å²) >= 11 is 0. The third-order valence-corrected chi connectivity index (χ3v) is 7.54. The molecule has 2 aromatic rings. The number of carboxylic acids is 1. The van der Waals surface area contributed by atoms with Crippen molar-refractivity contribution < 1.29 is 33.7 Å².